The van der Waals surface area contributed by atoms with E-state index in [-0.39, 0.29) is 114 Å². The second kappa shape index (κ2) is 24.3. The molecule has 0 aliphatic carbocycles. The SMILES string of the molecule is C[C@@H](NC(=O)c1ccc(NNC(=O)CCNC(=O)CN2CCN(CC(=O)O)CCN(CC(=O)O)CCN(CC(=O)O)CC2)cc1)C(=O)N1CCC[C@H]1B(O)O.[Cu]. The van der Waals surface area contributed by atoms with Gasteiger partial charge in [-0.1, -0.05) is 0 Å². The number of benzene rings is 1. The van der Waals surface area contributed by atoms with Gasteiger partial charge in [0.25, 0.3) is 5.91 Å². The zero-order chi connectivity index (χ0) is 40.5. The summed E-state index contributed by atoms with van der Waals surface area (Å²) >= 11 is 0. The summed E-state index contributed by atoms with van der Waals surface area (Å²) in [4.78, 5) is 93.2. The molecule has 0 bridgehead atoms. The van der Waals surface area contributed by atoms with E-state index in [0.29, 0.717) is 25.1 Å². The average molecular weight is 841 g/mol. The standard InChI is InChI=1S/C33H52BN9O12.Cu/c1-23(33(53)43-10-2-3-26(43)34(54)55)36-32(52)24-4-6-25(7-5-24)37-38-27(44)8-9-35-28(45)19-39-11-13-40(20-29(46)47)15-17-42(22-31(50)51)18-16-41(14-12-39)21-30(48)49;/h4-7,23,26,37,54-55H,2-3,8-22H2,1H3,(H,35,45)(H,36,52)(H,38,44)(H,46,47)(H,48,49)(H,50,51);/t23-,26+;/m1./s1. The maximum absolute atomic E-state index is 12.9. The predicted octanol–water partition coefficient (Wildman–Crippen LogP) is -3.77. The molecule has 3 rings (SSSR count). The molecular formula is C33H52BCuN9O12. The van der Waals surface area contributed by atoms with Crippen molar-refractivity contribution in [1.82, 2.24) is 40.6 Å². The molecule has 0 aromatic heterocycles. The minimum absolute atomic E-state index is 0. The molecular weight excluding hydrogens is 789 g/mol. The molecule has 1 aromatic rings. The van der Waals surface area contributed by atoms with E-state index in [1.54, 1.807) is 31.7 Å². The number of carbonyl (C=O) groups is 7. The van der Waals surface area contributed by atoms with Crippen molar-refractivity contribution >= 4 is 54.3 Å². The number of nitrogens with zero attached hydrogens (tertiary/aromatic N) is 5. The van der Waals surface area contributed by atoms with E-state index in [9.17, 15) is 58.9 Å². The Labute approximate surface area is 335 Å². The van der Waals surface area contributed by atoms with E-state index in [4.69, 9.17) is 0 Å². The van der Waals surface area contributed by atoms with E-state index < -0.39 is 60.6 Å². The van der Waals surface area contributed by atoms with Crippen LogP contribution in [0.3, 0.4) is 0 Å². The van der Waals surface area contributed by atoms with Crippen LogP contribution in [-0.2, 0) is 45.8 Å². The van der Waals surface area contributed by atoms with Crippen LogP contribution in [0.25, 0.3) is 0 Å². The van der Waals surface area contributed by atoms with Crippen LogP contribution in [-0.4, -0.2) is 202 Å². The van der Waals surface area contributed by atoms with Gasteiger partial charge in [-0.05, 0) is 44.0 Å². The van der Waals surface area contributed by atoms with Crippen molar-refractivity contribution in [3.63, 3.8) is 0 Å². The van der Waals surface area contributed by atoms with E-state index in [1.165, 1.54) is 24.0 Å². The van der Waals surface area contributed by atoms with Gasteiger partial charge in [0.2, 0.25) is 17.7 Å². The van der Waals surface area contributed by atoms with Gasteiger partial charge in [-0.25, -0.2) is 0 Å². The minimum atomic E-state index is -1.66. The third-order valence-corrected chi connectivity index (χ3v) is 9.19. The quantitative estimate of drug-likeness (QED) is 0.0538. The molecule has 2 saturated heterocycles. The summed E-state index contributed by atoms with van der Waals surface area (Å²) in [5.74, 6) is -5.66. The summed E-state index contributed by atoms with van der Waals surface area (Å²) in [5.41, 5.74) is 5.93. The van der Waals surface area contributed by atoms with Crippen LogP contribution < -0.4 is 21.5 Å². The van der Waals surface area contributed by atoms with Crippen LogP contribution in [0.2, 0.25) is 0 Å². The van der Waals surface area contributed by atoms with Crippen molar-refractivity contribution in [1.29, 1.82) is 0 Å². The van der Waals surface area contributed by atoms with Gasteiger partial charge in [-0.2, -0.15) is 0 Å². The number of carboxylic acid groups (broad SMARTS) is 3. The van der Waals surface area contributed by atoms with Crippen LogP contribution >= 0.6 is 0 Å². The first kappa shape index (κ1) is 47.8. The molecule has 1 aromatic carbocycles. The number of nitrogens with one attached hydrogen (secondary N) is 4. The molecule has 2 aliphatic rings. The number of rotatable bonds is 17. The predicted molar refractivity (Wildman–Crippen MR) is 196 cm³/mol. The minimum Gasteiger partial charge on any atom is -0.480 e. The van der Waals surface area contributed by atoms with E-state index in [2.05, 4.69) is 21.5 Å². The van der Waals surface area contributed by atoms with E-state index >= 15 is 0 Å². The largest absolute Gasteiger partial charge is 0.480 e. The molecule has 9 N–H and O–H groups in total. The number of amides is 4. The molecule has 2 atom stereocenters. The summed E-state index contributed by atoms with van der Waals surface area (Å²) in [6, 6.07) is 5.17. The van der Waals surface area contributed by atoms with Crippen LogP contribution in [0, 0.1) is 0 Å². The van der Waals surface area contributed by atoms with Crippen molar-refractivity contribution < 1.29 is 76.0 Å². The second-order valence-electron chi connectivity index (χ2n) is 13.5. The molecule has 0 unspecified atom stereocenters. The number of hydrazine groups is 1. The maximum Gasteiger partial charge on any atom is 0.475 e. The van der Waals surface area contributed by atoms with Gasteiger partial charge in [0.15, 0.2) is 0 Å². The van der Waals surface area contributed by atoms with Gasteiger partial charge in [-0.3, -0.25) is 64.0 Å². The first-order valence-electron chi connectivity index (χ1n) is 18.0. The number of carboxylic acids is 3. The van der Waals surface area contributed by atoms with Gasteiger partial charge in [0, 0.05) is 94.5 Å². The summed E-state index contributed by atoms with van der Waals surface area (Å²) < 4.78 is 0. The normalized spacial score (nSPS) is 18.3. The van der Waals surface area contributed by atoms with Crippen LogP contribution in [0.15, 0.2) is 24.3 Å². The fourth-order valence-electron chi connectivity index (χ4n) is 6.24. The van der Waals surface area contributed by atoms with Gasteiger partial charge < -0.3 is 40.9 Å². The zero-order valence-corrected chi connectivity index (χ0v) is 32.1. The van der Waals surface area contributed by atoms with Crippen LogP contribution in [0.1, 0.15) is 36.5 Å². The van der Waals surface area contributed by atoms with E-state index in [0.717, 1.165) is 0 Å². The van der Waals surface area contributed by atoms with Crippen molar-refractivity contribution in [2.24, 2.45) is 0 Å². The van der Waals surface area contributed by atoms with Crippen molar-refractivity contribution in [3.05, 3.63) is 29.8 Å². The topological polar surface area (TPSA) is 285 Å². The summed E-state index contributed by atoms with van der Waals surface area (Å²) in [7, 11) is -1.66. The number of likely N-dealkylation sites (tertiary alicyclic amines) is 1. The Hall–Kier alpha value is -4.35. The summed E-state index contributed by atoms with van der Waals surface area (Å²) in [6.45, 7) is 3.03. The van der Waals surface area contributed by atoms with E-state index in [1.807, 2.05) is 0 Å². The first-order chi connectivity index (χ1) is 26.1. The molecule has 1 radical (unpaired) electrons. The molecule has 2 fully saturated rings. The Kier molecular flexibility index (Phi) is 20.8. The number of anilines is 1. The van der Waals surface area contributed by atoms with Crippen LogP contribution in [0.4, 0.5) is 5.69 Å². The second-order valence-corrected chi connectivity index (χ2v) is 13.5. The molecule has 23 heteroatoms. The fourth-order valence-corrected chi connectivity index (χ4v) is 6.24. The number of hydrogen-bond donors (Lipinski definition) is 9. The maximum atomic E-state index is 12.9. The van der Waals surface area contributed by atoms with Crippen LogP contribution in [0.5, 0.6) is 0 Å². The first-order valence-corrected chi connectivity index (χ1v) is 18.0. The fraction of sp³-hybridized carbons (Fsp3) is 0.606. The summed E-state index contributed by atoms with van der Waals surface area (Å²) in [5, 5.41) is 52.5. The van der Waals surface area contributed by atoms with Crippen molar-refractivity contribution in [2.75, 3.05) is 97.1 Å². The molecule has 0 spiro atoms. The molecule has 315 valence electrons. The van der Waals surface area contributed by atoms with Gasteiger partial charge in [0.1, 0.15) is 6.04 Å². The van der Waals surface area contributed by atoms with Gasteiger partial charge in [-0.15, -0.1) is 0 Å². The Morgan fingerprint density at radius 2 is 1.18 bits per heavy atom. The Bertz CT molecular complexity index is 1460. The van der Waals surface area contributed by atoms with Crippen molar-refractivity contribution in [3.8, 4) is 0 Å². The third-order valence-electron chi connectivity index (χ3n) is 9.19. The van der Waals surface area contributed by atoms with Gasteiger partial charge >= 0.3 is 25.0 Å². The Balaban J connectivity index is 0.0000108. The van der Waals surface area contributed by atoms with Gasteiger partial charge in [0.05, 0.1) is 37.8 Å². The monoisotopic (exact) mass is 840 g/mol. The molecule has 21 nitrogen and oxygen atoms in total. The molecule has 2 aliphatic heterocycles. The molecule has 2 heterocycles. The zero-order valence-electron chi connectivity index (χ0n) is 31.2. The Morgan fingerprint density at radius 3 is 1.62 bits per heavy atom. The molecule has 56 heavy (non-hydrogen) atoms. The van der Waals surface area contributed by atoms with Crippen molar-refractivity contribution in [2.45, 2.75) is 38.2 Å². The summed E-state index contributed by atoms with van der Waals surface area (Å²) in [6.07, 6.45) is 1.01. The molecule has 0 saturated carbocycles. The number of carbonyl (C=O) groups excluding carboxylic acids is 4. The average Bonchev–Trinajstić information content (AvgIpc) is 3.62. The number of hydrogen-bond acceptors (Lipinski definition) is 14. The smallest absolute Gasteiger partial charge is 0.475 e. The third kappa shape index (κ3) is 17.2. The Morgan fingerprint density at radius 1 is 0.714 bits per heavy atom. The number of aliphatic carboxylic acids is 3. The molecule has 4 amide bonds.